The fourth-order valence-corrected chi connectivity index (χ4v) is 4.28. The summed E-state index contributed by atoms with van der Waals surface area (Å²) in [7, 11) is 3.16. The summed E-state index contributed by atoms with van der Waals surface area (Å²) < 4.78 is 16.9. The maximum absolute atomic E-state index is 12.0. The quantitative estimate of drug-likeness (QED) is 0.193. The first-order valence-corrected chi connectivity index (χ1v) is 13.5. The smallest absolute Gasteiger partial charge is 0.407 e. The van der Waals surface area contributed by atoms with Crippen LogP contribution >= 0.6 is 21.6 Å². The molecule has 0 aromatic carbocycles. The van der Waals surface area contributed by atoms with Gasteiger partial charge in [0.05, 0.1) is 18.3 Å². The Labute approximate surface area is 210 Å². The van der Waals surface area contributed by atoms with E-state index in [1.165, 1.54) is 0 Å². The Morgan fingerprint density at radius 1 is 1.12 bits per heavy atom. The number of aromatic nitrogens is 1. The van der Waals surface area contributed by atoms with Crippen molar-refractivity contribution in [2.24, 2.45) is 5.41 Å². The van der Waals surface area contributed by atoms with Gasteiger partial charge >= 0.3 is 6.09 Å². The maximum Gasteiger partial charge on any atom is 0.407 e. The molecule has 1 heterocycles. The molecule has 2 unspecified atom stereocenters. The summed E-state index contributed by atoms with van der Waals surface area (Å²) in [6, 6.07) is 5.72. The average Bonchev–Trinajstić information content (AvgIpc) is 2.74. The zero-order valence-corrected chi connectivity index (χ0v) is 22.6. The van der Waals surface area contributed by atoms with Gasteiger partial charge in [-0.3, -0.25) is 4.79 Å². The molecule has 0 bridgehead atoms. The number of aliphatic hydroxyl groups excluding tert-OH is 1. The van der Waals surface area contributed by atoms with Crippen LogP contribution in [0.15, 0.2) is 29.4 Å². The molecule has 1 aromatic heterocycles. The predicted molar refractivity (Wildman–Crippen MR) is 136 cm³/mol. The minimum Gasteiger partial charge on any atom is -0.444 e. The van der Waals surface area contributed by atoms with Crippen LogP contribution in [-0.2, 0) is 19.0 Å². The number of nitrogens with one attached hydrogen (secondary N) is 2. The molecule has 0 saturated heterocycles. The molecule has 0 aliphatic carbocycles. The summed E-state index contributed by atoms with van der Waals surface area (Å²) in [6.45, 7) is 11.8. The normalized spacial score (nSPS) is 13.7. The van der Waals surface area contributed by atoms with Gasteiger partial charge in [0.1, 0.15) is 11.6 Å². The molecule has 0 radical (unpaired) electrons. The van der Waals surface area contributed by atoms with Gasteiger partial charge in [0.2, 0.25) is 5.91 Å². The van der Waals surface area contributed by atoms with Crippen molar-refractivity contribution >= 4 is 33.6 Å². The van der Waals surface area contributed by atoms with Crippen molar-refractivity contribution in [2.75, 3.05) is 32.1 Å². The van der Waals surface area contributed by atoms with E-state index in [0.29, 0.717) is 6.54 Å². The first kappa shape index (κ1) is 30.5. The van der Waals surface area contributed by atoms with E-state index in [4.69, 9.17) is 14.2 Å². The number of ether oxygens (including phenoxy) is 3. The number of hydrogen-bond acceptors (Lipinski definition) is 9. The lowest BCUT2D eigenvalue weighted by molar-refractivity contribution is -0.247. The first-order valence-electron chi connectivity index (χ1n) is 11.2. The van der Waals surface area contributed by atoms with Crippen molar-refractivity contribution < 1.29 is 28.9 Å². The number of aliphatic hydroxyl groups is 1. The van der Waals surface area contributed by atoms with E-state index < -0.39 is 24.1 Å². The predicted octanol–water partition coefficient (Wildman–Crippen LogP) is 3.62. The minimum atomic E-state index is -0.841. The maximum atomic E-state index is 12.0. The second-order valence-electron chi connectivity index (χ2n) is 9.53. The zero-order valence-electron chi connectivity index (χ0n) is 21.0. The number of nitrogens with zero attached hydrogens (tertiary/aromatic N) is 1. The lowest BCUT2D eigenvalue weighted by Gasteiger charge is -2.35. The molecule has 2 amide bonds. The number of pyridine rings is 1. The van der Waals surface area contributed by atoms with Gasteiger partial charge in [-0.2, -0.15) is 0 Å². The molecule has 194 valence electrons. The number of carbonyl (C=O) groups excluding carboxylic acids is 2. The van der Waals surface area contributed by atoms with Gasteiger partial charge < -0.3 is 30.0 Å². The van der Waals surface area contributed by atoms with Crippen molar-refractivity contribution in [3.63, 3.8) is 0 Å². The van der Waals surface area contributed by atoms with Gasteiger partial charge in [0, 0.05) is 31.5 Å². The van der Waals surface area contributed by atoms with Crippen LogP contribution in [0.5, 0.6) is 0 Å². The van der Waals surface area contributed by atoms with Crippen molar-refractivity contribution in [1.29, 1.82) is 0 Å². The zero-order chi connectivity index (χ0) is 25.6. The van der Waals surface area contributed by atoms with Crippen LogP contribution in [0.2, 0.25) is 0 Å². The van der Waals surface area contributed by atoms with Gasteiger partial charge in [0.25, 0.3) is 0 Å². The Morgan fingerprint density at radius 3 is 2.44 bits per heavy atom. The van der Waals surface area contributed by atoms with Crippen LogP contribution in [0.1, 0.15) is 48.0 Å². The lowest BCUT2D eigenvalue weighted by Crippen LogP contribution is -2.42. The molecule has 3 N–H and O–H groups in total. The second-order valence-corrected chi connectivity index (χ2v) is 12.0. The highest BCUT2D eigenvalue weighted by Gasteiger charge is 2.30. The summed E-state index contributed by atoms with van der Waals surface area (Å²) in [5.41, 5.74) is -0.853. The molecule has 0 aliphatic heterocycles. The van der Waals surface area contributed by atoms with E-state index in [9.17, 15) is 14.7 Å². The third-order valence-electron chi connectivity index (χ3n) is 4.19. The molecule has 9 nitrogen and oxygen atoms in total. The van der Waals surface area contributed by atoms with Gasteiger partial charge in [-0.25, -0.2) is 9.78 Å². The molecule has 1 aromatic rings. The molecular formula is C23H39N3O6S2. The summed E-state index contributed by atoms with van der Waals surface area (Å²) in [6.07, 6.45) is -0.118. The fraction of sp³-hybridized carbons (Fsp3) is 0.696. The Kier molecular flexibility index (Phi) is 13.9. The summed E-state index contributed by atoms with van der Waals surface area (Å²) in [4.78, 5) is 28.2. The van der Waals surface area contributed by atoms with Crippen molar-refractivity contribution in [1.82, 2.24) is 15.6 Å². The second kappa shape index (κ2) is 15.5. The van der Waals surface area contributed by atoms with Gasteiger partial charge in [-0.1, -0.05) is 37.6 Å². The van der Waals surface area contributed by atoms with Gasteiger partial charge in [0.15, 0.2) is 6.29 Å². The molecular weight excluding hydrogens is 478 g/mol. The Bertz CT molecular complexity index is 726. The Balaban J connectivity index is 2.27. The van der Waals surface area contributed by atoms with E-state index >= 15 is 0 Å². The third-order valence-corrected chi connectivity index (χ3v) is 6.46. The van der Waals surface area contributed by atoms with E-state index in [0.717, 1.165) is 10.8 Å². The largest absolute Gasteiger partial charge is 0.444 e. The highest BCUT2D eigenvalue weighted by atomic mass is 33.1. The SMILES string of the molecule is CC(C)(C)OC(COC(=O)NCCC(=O)NCCSSc1ccccn1)OC(CO)C(C)(C)C. The topological polar surface area (TPSA) is 119 Å². The van der Waals surface area contributed by atoms with Crippen LogP contribution in [-0.4, -0.2) is 72.1 Å². The number of rotatable bonds is 14. The van der Waals surface area contributed by atoms with E-state index in [2.05, 4.69) is 15.6 Å². The van der Waals surface area contributed by atoms with Crippen LogP contribution in [0, 0.1) is 5.41 Å². The van der Waals surface area contributed by atoms with E-state index in [1.54, 1.807) is 27.8 Å². The van der Waals surface area contributed by atoms with Gasteiger partial charge in [-0.15, -0.1) is 0 Å². The minimum absolute atomic E-state index is 0.141. The Morgan fingerprint density at radius 2 is 1.85 bits per heavy atom. The number of amides is 2. The van der Waals surface area contributed by atoms with Crippen LogP contribution in [0.4, 0.5) is 4.79 Å². The van der Waals surface area contributed by atoms with Crippen LogP contribution in [0.25, 0.3) is 0 Å². The van der Waals surface area contributed by atoms with Gasteiger partial charge in [-0.05, 0) is 49.1 Å². The Hall–Kier alpha value is -1.53. The molecule has 0 fully saturated rings. The summed E-state index contributed by atoms with van der Waals surface area (Å²) in [5.74, 6) is 0.582. The number of alkyl carbamates (subject to hydrolysis) is 1. The molecule has 0 saturated carbocycles. The van der Waals surface area contributed by atoms with E-state index in [1.807, 2.05) is 59.7 Å². The third kappa shape index (κ3) is 14.7. The summed E-state index contributed by atoms with van der Waals surface area (Å²) >= 11 is 0. The number of carbonyl (C=O) groups is 2. The monoisotopic (exact) mass is 517 g/mol. The molecule has 34 heavy (non-hydrogen) atoms. The van der Waals surface area contributed by atoms with Crippen molar-refractivity contribution in [3.05, 3.63) is 24.4 Å². The first-order chi connectivity index (χ1) is 15.9. The molecule has 0 aliphatic rings. The lowest BCUT2D eigenvalue weighted by atomic mass is 9.89. The highest BCUT2D eigenvalue weighted by molar-refractivity contribution is 8.76. The van der Waals surface area contributed by atoms with Crippen LogP contribution < -0.4 is 10.6 Å². The molecule has 2 atom stereocenters. The van der Waals surface area contributed by atoms with Crippen LogP contribution in [0.3, 0.4) is 0 Å². The fourth-order valence-electron chi connectivity index (χ4n) is 2.49. The molecule has 0 spiro atoms. The highest BCUT2D eigenvalue weighted by Crippen LogP contribution is 2.28. The van der Waals surface area contributed by atoms with E-state index in [-0.39, 0.29) is 37.5 Å². The average molecular weight is 518 g/mol. The van der Waals surface area contributed by atoms with Crippen molar-refractivity contribution in [3.8, 4) is 0 Å². The van der Waals surface area contributed by atoms with Crippen molar-refractivity contribution in [2.45, 2.75) is 71.0 Å². The molecule has 1 rings (SSSR count). The summed E-state index contributed by atoms with van der Waals surface area (Å²) in [5, 5.41) is 15.9. The standard InChI is InChI=1S/C23H39N3O6S2/c1-22(2,3)17(15-27)31-20(32-23(4,5)6)16-30-21(29)26-12-10-18(28)24-13-14-33-34-19-9-7-8-11-25-19/h7-9,11,17,20,27H,10,12-16H2,1-6H3,(H,24,28)(H,26,29). The number of hydrogen-bond donors (Lipinski definition) is 3. The molecule has 11 heteroatoms.